The maximum atomic E-state index is 13.4. The molecule has 4 rings (SSSR count). The molecule has 170 valence electrons. The maximum absolute atomic E-state index is 13.4. The van der Waals surface area contributed by atoms with E-state index in [4.69, 9.17) is 0 Å². The Morgan fingerprint density at radius 1 is 0.848 bits per heavy atom. The Hall–Kier alpha value is -3.52. The van der Waals surface area contributed by atoms with Crippen molar-refractivity contribution >= 4 is 34.1 Å². The van der Waals surface area contributed by atoms with Crippen LogP contribution in [-0.4, -0.2) is 53.7 Å². The fourth-order valence-electron chi connectivity index (χ4n) is 3.70. The van der Waals surface area contributed by atoms with Crippen LogP contribution in [0.2, 0.25) is 0 Å². The Labute approximate surface area is 195 Å². The molecule has 2 aromatic carbocycles. The summed E-state index contributed by atoms with van der Waals surface area (Å²) in [5, 5.41) is 3.26. The molecule has 0 spiro atoms. The molecule has 1 aliphatic rings. The van der Waals surface area contributed by atoms with E-state index in [0.29, 0.717) is 41.6 Å². The molecule has 6 nitrogen and oxygen atoms in total. The standard InChI is InChI=1S/C25H24FN3O3S/c1-16-6-8-18(9-7-16)24(31)28-10-12-29(13-11-28)25(32)22-17(2)14-21(33-22)27-23(30)19-4-3-5-20(26)15-19/h3-9,14-15H,10-13H2,1-2H3,(H,27,30). The van der Waals surface area contributed by atoms with Crippen LogP contribution in [0.1, 0.15) is 41.5 Å². The van der Waals surface area contributed by atoms with Gasteiger partial charge < -0.3 is 15.1 Å². The molecule has 3 aromatic rings. The van der Waals surface area contributed by atoms with Crippen molar-refractivity contribution in [1.29, 1.82) is 0 Å². The van der Waals surface area contributed by atoms with E-state index in [1.54, 1.807) is 15.9 Å². The second-order valence-electron chi connectivity index (χ2n) is 8.04. The van der Waals surface area contributed by atoms with Crippen LogP contribution in [0.4, 0.5) is 9.39 Å². The van der Waals surface area contributed by atoms with Crippen molar-refractivity contribution in [1.82, 2.24) is 9.80 Å². The zero-order valence-corrected chi connectivity index (χ0v) is 19.2. The maximum Gasteiger partial charge on any atom is 0.264 e. The highest BCUT2D eigenvalue weighted by Crippen LogP contribution is 2.29. The number of halogens is 1. The number of anilines is 1. The Morgan fingerprint density at radius 3 is 2.12 bits per heavy atom. The van der Waals surface area contributed by atoms with Crippen LogP contribution in [0.3, 0.4) is 0 Å². The average Bonchev–Trinajstić information content (AvgIpc) is 3.18. The van der Waals surface area contributed by atoms with E-state index in [0.717, 1.165) is 11.1 Å². The van der Waals surface area contributed by atoms with Crippen molar-refractivity contribution in [3.63, 3.8) is 0 Å². The van der Waals surface area contributed by atoms with E-state index in [1.165, 1.54) is 35.6 Å². The van der Waals surface area contributed by atoms with Gasteiger partial charge in [0.15, 0.2) is 0 Å². The number of rotatable bonds is 4. The summed E-state index contributed by atoms with van der Waals surface area (Å²) < 4.78 is 13.4. The number of nitrogens with one attached hydrogen (secondary N) is 1. The van der Waals surface area contributed by atoms with Crippen LogP contribution in [0.15, 0.2) is 54.6 Å². The summed E-state index contributed by atoms with van der Waals surface area (Å²) in [5.41, 5.74) is 2.72. The lowest BCUT2D eigenvalue weighted by atomic mass is 10.1. The molecule has 1 saturated heterocycles. The average molecular weight is 466 g/mol. The summed E-state index contributed by atoms with van der Waals surface area (Å²) in [4.78, 5) is 42.2. The minimum absolute atomic E-state index is 0.0308. The van der Waals surface area contributed by atoms with Crippen LogP contribution >= 0.6 is 11.3 Å². The molecule has 0 aliphatic carbocycles. The lowest BCUT2D eigenvalue weighted by Gasteiger charge is -2.34. The number of piperazine rings is 1. The first-order valence-corrected chi connectivity index (χ1v) is 11.5. The molecule has 1 fully saturated rings. The van der Waals surface area contributed by atoms with Gasteiger partial charge in [-0.2, -0.15) is 0 Å². The number of benzene rings is 2. The van der Waals surface area contributed by atoms with E-state index >= 15 is 0 Å². The number of nitrogens with zero attached hydrogens (tertiary/aromatic N) is 2. The summed E-state index contributed by atoms with van der Waals surface area (Å²) in [7, 11) is 0. The summed E-state index contributed by atoms with van der Waals surface area (Å²) in [5.74, 6) is -1.07. The Morgan fingerprint density at radius 2 is 1.48 bits per heavy atom. The summed E-state index contributed by atoms with van der Waals surface area (Å²) in [6.45, 7) is 5.61. The number of aryl methyl sites for hydroxylation is 2. The third kappa shape index (κ3) is 5.12. The second kappa shape index (κ2) is 9.54. The van der Waals surface area contributed by atoms with Crippen molar-refractivity contribution in [2.45, 2.75) is 13.8 Å². The molecule has 0 saturated carbocycles. The van der Waals surface area contributed by atoms with Gasteiger partial charge >= 0.3 is 0 Å². The Bertz CT molecular complexity index is 1200. The summed E-state index contributed by atoms with van der Waals surface area (Å²) in [6, 6.07) is 14.7. The van der Waals surface area contributed by atoms with Crippen LogP contribution < -0.4 is 5.32 Å². The summed E-state index contributed by atoms with van der Waals surface area (Å²) in [6.07, 6.45) is 0. The number of carbonyl (C=O) groups is 3. The zero-order valence-electron chi connectivity index (χ0n) is 18.4. The van der Waals surface area contributed by atoms with Gasteiger partial charge in [-0.05, 0) is 55.8 Å². The fraction of sp³-hybridized carbons (Fsp3) is 0.240. The number of thiophene rings is 1. The lowest BCUT2D eigenvalue weighted by molar-refractivity contribution is 0.0537. The molecule has 8 heteroatoms. The number of amides is 3. The highest BCUT2D eigenvalue weighted by Gasteiger charge is 2.27. The molecular formula is C25H24FN3O3S. The topological polar surface area (TPSA) is 69.7 Å². The van der Waals surface area contributed by atoms with Gasteiger partial charge in [-0.3, -0.25) is 14.4 Å². The zero-order chi connectivity index (χ0) is 23.5. The van der Waals surface area contributed by atoms with Gasteiger partial charge in [0.2, 0.25) is 0 Å². The van der Waals surface area contributed by atoms with Gasteiger partial charge in [0.1, 0.15) is 5.82 Å². The minimum Gasteiger partial charge on any atom is -0.335 e. The van der Waals surface area contributed by atoms with E-state index in [-0.39, 0.29) is 17.4 Å². The third-order valence-electron chi connectivity index (χ3n) is 5.59. The van der Waals surface area contributed by atoms with E-state index in [9.17, 15) is 18.8 Å². The Kier molecular flexibility index (Phi) is 6.55. The SMILES string of the molecule is Cc1ccc(C(=O)N2CCN(C(=O)c3sc(NC(=O)c4cccc(F)c4)cc3C)CC2)cc1. The Balaban J connectivity index is 1.38. The van der Waals surface area contributed by atoms with Gasteiger partial charge in [0, 0.05) is 37.3 Å². The molecule has 33 heavy (non-hydrogen) atoms. The van der Waals surface area contributed by atoms with Crippen molar-refractivity contribution in [3.8, 4) is 0 Å². The number of carbonyl (C=O) groups excluding carboxylic acids is 3. The number of hydrogen-bond acceptors (Lipinski definition) is 4. The molecule has 0 bridgehead atoms. The monoisotopic (exact) mass is 465 g/mol. The first-order valence-electron chi connectivity index (χ1n) is 10.6. The first-order chi connectivity index (χ1) is 15.8. The van der Waals surface area contributed by atoms with Gasteiger partial charge in [-0.25, -0.2) is 4.39 Å². The normalized spacial score (nSPS) is 13.7. The molecule has 1 N–H and O–H groups in total. The van der Waals surface area contributed by atoms with Gasteiger partial charge in [0.05, 0.1) is 9.88 Å². The van der Waals surface area contributed by atoms with E-state index in [2.05, 4.69) is 5.32 Å². The van der Waals surface area contributed by atoms with Gasteiger partial charge in [0.25, 0.3) is 17.7 Å². The van der Waals surface area contributed by atoms with Crippen LogP contribution in [0.5, 0.6) is 0 Å². The number of hydrogen-bond donors (Lipinski definition) is 1. The van der Waals surface area contributed by atoms with Gasteiger partial charge in [-0.1, -0.05) is 23.8 Å². The fourth-order valence-corrected chi connectivity index (χ4v) is 4.74. The molecule has 2 heterocycles. The van der Waals surface area contributed by atoms with E-state index < -0.39 is 11.7 Å². The minimum atomic E-state index is -0.485. The van der Waals surface area contributed by atoms with Crippen LogP contribution in [0.25, 0.3) is 0 Å². The smallest absolute Gasteiger partial charge is 0.264 e. The largest absolute Gasteiger partial charge is 0.335 e. The molecule has 0 radical (unpaired) electrons. The predicted octanol–water partition coefficient (Wildman–Crippen LogP) is 4.35. The molecule has 1 aliphatic heterocycles. The molecule has 0 unspecified atom stereocenters. The predicted molar refractivity (Wildman–Crippen MR) is 126 cm³/mol. The molecular weight excluding hydrogens is 441 g/mol. The molecule has 3 amide bonds. The second-order valence-corrected chi connectivity index (χ2v) is 9.09. The third-order valence-corrected chi connectivity index (χ3v) is 6.73. The highest BCUT2D eigenvalue weighted by molar-refractivity contribution is 7.18. The van der Waals surface area contributed by atoms with E-state index in [1.807, 2.05) is 38.1 Å². The first kappa shape index (κ1) is 22.7. The lowest BCUT2D eigenvalue weighted by Crippen LogP contribution is -2.50. The van der Waals surface area contributed by atoms with Crippen molar-refractivity contribution in [3.05, 3.63) is 87.5 Å². The van der Waals surface area contributed by atoms with Crippen LogP contribution in [-0.2, 0) is 0 Å². The van der Waals surface area contributed by atoms with Crippen molar-refractivity contribution in [2.24, 2.45) is 0 Å². The van der Waals surface area contributed by atoms with Crippen molar-refractivity contribution in [2.75, 3.05) is 31.5 Å². The van der Waals surface area contributed by atoms with Gasteiger partial charge in [-0.15, -0.1) is 11.3 Å². The highest BCUT2D eigenvalue weighted by atomic mass is 32.1. The van der Waals surface area contributed by atoms with Crippen molar-refractivity contribution < 1.29 is 18.8 Å². The summed E-state index contributed by atoms with van der Waals surface area (Å²) >= 11 is 1.20. The molecule has 0 atom stereocenters. The molecule has 1 aromatic heterocycles. The quantitative estimate of drug-likeness (QED) is 0.623. The van der Waals surface area contributed by atoms with Crippen LogP contribution in [0, 0.1) is 19.7 Å².